The average molecular weight is 333 g/mol. The van der Waals surface area contributed by atoms with Crippen molar-refractivity contribution < 1.29 is 28.6 Å². The Morgan fingerprint density at radius 1 is 1.17 bits per heavy atom. The van der Waals surface area contributed by atoms with Gasteiger partial charge in [-0.3, -0.25) is 10.1 Å². The van der Waals surface area contributed by atoms with Gasteiger partial charge in [-0.15, -0.1) is 0 Å². The molecule has 1 N–H and O–H groups in total. The predicted octanol–water partition coefficient (Wildman–Crippen LogP) is 2.08. The van der Waals surface area contributed by atoms with Gasteiger partial charge in [0.05, 0.1) is 6.61 Å². The fourth-order valence-electron chi connectivity index (χ4n) is 1.50. The number of rotatable bonds is 8. The summed E-state index contributed by atoms with van der Waals surface area (Å²) in [5, 5.41) is 1.91. The van der Waals surface area contributed by atoms with Gasteiger partial charge in [0.1, 0.15) is 12.4 Å². The van der Waals surface area contributed by atoms with Crippen LogP contribution in [0.2, 0.25) is 0 Å². The van der Waals surface area contributed by atoms with Crippen molar-refractivity contribution in [3.8, 4) is 5.75 Å². The molecule has 1 rings (SSSR count). The highest BCUT2D eigenvalue weighted by Gasteiger charge is 2.09. The molecule has 0 bridgehead atoms. The van der Waals surface area contributed by atoms with Crippen LogP contribution in [0.25, 0.3) is 6.08 Å². The number of nitrogens with one attached hydrogen (secondary N) is 1. The number of hydrogen-bond donors (Lipinski definition) is 1. The number of alkyl carbamates (subject to hydrolysis) is 1. The van der Waals surface area contributed by atoms with E-state index in [0.29, 0.717) is 12.4 Å². The van der Waals surface area contributed by atoms with Crippen molar-refractivity contribution in [2.45, 2.75) is 6.92 Å². The second-order valence-electron chi connectivity index (χ2n) is 4.38. The Kier molecular flexibility index (Phi) is 8.38. The number of carbonyl (C=O) groups excluding carboxylic acids is 3. The van der Waals surface area contributed by atoms with Crippen LogP contribution < -0.4 is 10.1 Å². The largest absolute Gasteiger partial charge is 0.490 e. The molecule has 0 aliphatic carbocycles. The van der Waals surface area contributed by atoms with Crippen LogP contribution in [0.15, 0.2) is 43.0 Å². The number of amides is 2. The summed E-state index contributed by atoms with van der Waals surface area (Å²) in [5.41, 5.74) is 0.758. The van der Waals surface area contributed by atoms with Crippen molar-refractivity contribution in [1.82, 2.24) is 5.32 Å². The Balaban J connectivity index is 2.38. The van der Waals surface area contributed by atoms with E-state index in [1.807, 2.05) is 5.32 Å². The third-order valence-electron chi connectivity index (χ3n) is 2.52. The molecule has 0 saturated carbocycles. The van der Waals surface area contributed by atoms with E-state index >= 15 is 0 Å². The highest BCUT2D eigenvalue weighted by atomic mass is 16.6. The van der Waals surface area contributed by atoms with Gasteiger partial charge in [-0.05, 0) is 30.7 Å². The first-order valence-electron chi connectivity index (χ1n) is 7.20. The van der Waals surface area contributed by atoms with Gasteiger partial charge in [-0.2, -0.15) is 0 Å². The monoisotopic (exact) mass is 333 g/mol. The average Bonchev–Trinajstić information content (AvgIpc) is 2.57. The molecule has 0 unspecified atom stereocenters. The molecular weight excluding hydrogens is 314 g/mol. The molecule has 0 radical (unpaired) electrons. The van der Waals surface area contributed by atoms with Crippen LogP contribution in [0.4, 0.5) is 4.79 Å². The predicted molar refractivity (Wildman–Crippen MR) is 87.3 cm³/mol. The zero-order chi connectivity index (χ0) is 17.8. The number of hydrogen-bond acceptors (Lipinski definition) is 6. The number of imide groups is 1. The molecule has 0 aliphatic rings. The van der Waals surface area contributed by atoms with E-state index in [1.54, 1.807) is 37.3 Å². The topological polar surface area (TPSA) is 90.9 Å². The summed E-state index contributed by atoms with van der Waals surface area (Å²) in [6.07, 6.45) is 3.47. The van der Waals surface area contributed by atoms with Gasteiger partial charge in [-0.1, -0.05) is 24.8 Å². The molecule has 0 heterocycles. The lowest BCUT2D eigenvalue weighted by Crippen LogP contribution is -2.34. The van der Waals surface area contributed by atoms with E-state index in [1.165, 1.54) is 12.2 Å². The quantitative estimate of drug-likeness (QED) is 0.445. The van der Waals surface area contributed by atoms with Crippen LogP contribution in [-0.2, 0) is 19.1 Å². The molecule has 1 aromatic carbocycles. The normalized spacial score (nSPS) is 10.0. The Hall–Kier alpha value is -3.09. The lowest BCUT2D eigenvalue weighted by atomic mass is 10.2. The van der Waals surface area contributed by atoms with Gasteiger partial charge < -0.3 is 14.2 Å². The Morgan fingerprint density at radius 2 is 1.88 bits per heavy atom. The fourth-order valence-corrected chi connectivity index (χ4v) is 1.50. The highest BCUT2D eigenvalue weighted by molar-refractivity contribution is 5.94. The number of benzene rings is 1. The van der Waals surface area contributed by atoms with Crippen molar-refractivity contribution in [2.24, 2.45) is 0 Å². The SMILES string of the molecule is C=CCOc1ccc(/C=C/C(=O)OCC(=O)NC(=O)OCC)cc1. The summed E-state index contributed by atoms with van der Waals surface area (Å²) in [6, 6.07) is 7.02. The van der Waals surface area contributed by atoms with Gasteiger partial charge in [0.15, 0.2) is 6.61 Å². The molecule has 0 fully saturated rings. The highest BCUT2D eigenvalue weighted by Crippen LogP contribution is 2.13. The Labute approximate surface area is 139 Å². The van der Waals surface area contributed by atoms with Crippen molar-refractivity contribution >= 4 is 24.0 Å². The third-order valence-corrected chi connectivity index (χ3v) is 2.52. The van der Waals surface area contributed by atoms with Crippen LogP contribution in [0, 0.1) is 0 Å². The van der Waals surface area contributed by atoms with Crippen LogP contribution >= 0.6 is 0 Å². The molecule has 24 heavy (non-hydrogen) atoms. The molecule has 0 aromatic heterocycles. The van der Waals surface area contributed by atoms with Crippen molar-refractivity contribution in [2.75, 3.05) is 19.8 Å². The molecular formula is C17H19NO6. The van der Waals surface area contributed by atoms with Gasteiger partial charge in [0, 0.05) is 6.08 Å². The van der Waals surface area contributed by atoms with E-state index in [-0.39, 0.29) is 6.61 Å². The summed E-state index contributed by atoms with van der Waals surface area (Å²) in [5.74, 6) is -0.787. The van der Waals surface area contributed by atoms with E-state index in [0.717, 1.165) is 5.56 Å². The zero-order valence-electron chi connectivity index (χ0n) is 13.3. The molecule has 0 aliphatic heterocycles. The van der Waals surface area contributed by atoms with Crippen molar-refractivity contribution in [3.05, 3.63) is 48.6 Å². The first kappa shape index (κ1) is 19.0. The fraction of sp³-hybridized carbons (Fsp3) is 0.235. The number of esters is 1. The van der Waals surface area contributed by atoms with Crippen LogP contribution in [0.3, 0.4) is 0 Å². The molecule has 0 saturated heterocycles. The molecule has 0 atom stereocenters. The maximum atomic E-state index is 11.5. The van der Waals surface area contributed by atoms with Gasteiger partial charge in [0.2, 0.25) is 0 Å². The minimum Gasteiger partial charge on any atom is -0.490 e. The lowest BCUT2D eigenvalue weighted by Gasteiger charge is -2.04. The van der Waals surface area contributed by atoms with Gasteiger partial charge >= 0.3 is 12.1 Å². The van der Waals surface area contributed by atoms with E-state index < -0.39 is 24.6 Å². The maximum Gasteiger partial charge on any atom is 0.413 e. The van der Waals surface area contributed by atoms with Gasteiger partial charge in [0.25, 0.3) is 5.91 Å². The van der Waals surface area contributed by atoms with Crippen molar-refractivity contribution in [1.29, 1.82) is 0 Å². The summed E-state index contributed by atoms with van der Waals surface area (Å²) in [7, 11) is 0. The molecule has 128 valence electrons. The summed E-state index contributed by atoms with van der Waals surface area (Å²) in [4.78, 5) is 33.8. The second kappa shape index (κ2) is 10.6. The second-order valence-corrected chi connectivity index (χ2v) is 4.38. The standard InChI is InChI=1S/C17H19NO6/c1-3-11-23-14-8-5-13(6-9-14)7-10-16(20)24-12-15(19)18-17(21)22-4-2/h3,5-10H,1,4,11-12H2,2H3,(H,18,19,21)/b10-7+. The minimum atomic E-state index is -0.882. The van der Waals surface area contributed by atoms with E-state index in [4.69, 9.17) is 9.47 Å². The minimum absolute atomic E-state index is 0.138. The zero-order valence-corrected chi connectivity index (χ0v) is 13.3. The van der Waals surface area contributed by atoms with E-state index in [2.05, 4.69) is 11.3 Å². The first-order valence-corrected chi connectivity index (χ1v) is 7.20. The summed E-state index contributed by atoms with van der Waals surface area (Å²) >= 11 is 0. The van der Waals surface area contributed by atoms with Crippen LogP contribution in [0.5, 0.6) is 5.75 Å². The smallest absolute Gasteiger partial charge is 0.413 e. The van der Waals surface area contributed by atoms with E-state index in [9.17, 15) is 14.4 Å². The van der Waals surface area contributed by atoms with Gasteiger partial charge in [-0.25, -0.2) is 9.59 Å². The third kappa shape index (κ3) is 7.79. The molecule has 7 heteroatoms. The maximum absolute atomic E-state index is 11.5. The Morgan fingerprint density at radius 3 is 2.50 bits per heavy atom. The Bertz CT molecular complexity index is 606. The van der Waals surface area contributed by atoms with Crippen LogP contribution in [0.1, 0.15) is 12.5 Å². The molecule has 1 aromatic rings. The number of ether oxygens (including phenoxy) is 3. The molecule has 2 amide bonds. The molecule has 0 spiro atoms. The number of carbonyl (C=O) groups is 3. The molecule has 7 nitrogen and oxygen atoms in total. The lowest BCUT2D eigenvalue weighted by molar-refractivity contribution is -0.143. The first-order chi connectivity index (χ1) is 11.5. The summed E-state index contributed by atoms with van der Waals surface area (Å²) in [6.45, 7) is 5.14. The van der Waals surface area contributed by atoms with Crippen LogP contribution in [-0.4, -0.2) is 37.8 Å². The van der Waals surface area contributed by atoms with Crippen molar-refractivity contribution in [3.63, 3.8) is 0 Å². The summed E-state index contributed by atoms with van der Waals surface area (Å²) < 4.78 is 14.6.